The molecule has 4 rings (SSSR count). The van der Waals surface area contributed by atoms with Crippen molar-refractivity contribution in [3.8, 4) is 0 Å². The van der Waals surface area contributed by atoms with Crippen LogP contribution in [0.5, 0.6) is 0 Å². The normalized spacial score (nSPS) is 15.0. The number of aromatic nitrogens is 1. The van der Waals surface area contributed by atoms with Crippen LogP contribution in [0.15, 0.2) is 51.3 Å². The van der Waals surface area contributed by atoms with Gasteiger partial charge in [-0.2, -0.15) is 0 Å². The minimum atomic E-state index is -0.137. The average molecular weight is 383 g/mol. The first-order chi connectivity index (χ1) is 13.1. The lowest BCUT2D eigenvalue weighted by atomic mass is 9.95. The number of hydrogen-bond donors (Lipinski definition) is 1. The van der Waals surface area contributed by atoms with Crippen LogP contribution in [0.25, 0.3) is 11.0 Å². The molecule has 3 aromatic rings. The lowest BCUT2D eigenvalue weighted by Gasteiger charge is -2.31. The van der Waals surface area contributed by atoms with Crippen LogP contribution in [0.2, 0.25) is 0 Å². The van der Waals surface area contributed by atoms with E-state index in [-0.39, 0.29) is 23.2 Å². The third-order valence-electron chi connectivity index (χ3n) is 4.72. The Kier molecular flexibility index (Phi) is 4.72. The zero-order valence-electron chi connectivity index (χ0n) is 14.4. The summed E-state index contributed by atoms with van der Waals surface area (Å²) in [6.07, 6.45) is 4.18. The van der Waals surface area contributed by atoms with Crippen molar-refractivity contribution in [3.05, 3.63) is 57.9 Å². The molecule has 1 aliphatic rings. The molecule has 2 aromatic heterocycles. The molecule has 1 saturated heterocycles. The smallest absolute Gasteiger partial charge is 0.253 e. The van der Waals surface area contributed by atoms with Crippen molar-refractivity contribution in [1.29, 1.82) is 0 Å². The Bertz CT molecular complexity index is 1040. The van der Waals surface area contributed by atoms with Crippen molar-refractivity contribution < 1.29 is 14.0 Å². The molecule has 1 fully saturated rings. The van der Waals surface area contributed by atoms with E-state index in [4.69, 9.17) is 4.42 Å². The zero-order chi connectivity index (χ0) is 18.8. The fourth-order valence-corrected chi connectivity index (χ4v) is 3.77. The number of carbonyl (C=O) groups excluding carboxylic acids is 2. The maximum atomic E-state index is 12.8. The molecule has 0 radical (unpaired) electrons. The average Bonchev–Trinajstić information content (AvgIpc) is 3.20. The Labute approximate surface area is 158 Å². The topological polar surface area (TPSA) is 92.5 Å². The molecular weight excluding hydrogens is 366 g/mol. The van der Waals surface area contributed by atoms with Crippen LogP contribution in [0.3, 0.4) is 0 Å². The summed E-state index contributed by atoms with van der Waals surface area (Å²) in [4.78, 5) is 42.6. The number of likely N-dealkylation sites (tertiary alicyclic amines) is 1. The third-order valence-corrected chi connectivity index (χ3v) is 5.41. The van der Waals surface area contributed by atoms with Gasteiger partial charge in [0.1, 0.15) is 5.58 Å². The van der Waals surface area contributed by atoms with E-state index < -0.39 is 0 Å². The Morgan fingerprint density at radius 1 is 1.22 bits per heavy atom. The molecule has 1 aliphatic heterocycles. The SMILES string of the molecule is O=C(Nc1nccs1)C1CCN(C(=O)c2ccc3c(=O)ccoc3c2)CC1. The van der Waals surface area contributed by atoms with Gasteiger partial charge >= 0.3 is 0 Å². The molecule has 7 nitrogen and oxygen atoms in total. The fraction of sp³-hybridized carbons (Fsp3) is 0.263. The lowest BCUT2D eigenvalue weighted by molar-refractivity contribution is -0.121. The highest BCUT2D eigenvalue weighted by atomic mass is 32.1. The van der Waals surface area contributed by atoms with Crippen LogP contribution < -0.4 is 10.7 Å². The minimum absolute atomic E-state index is 0.0514. The molecule has 138 valence electrons. The van der Waals surface area contributed by atoms with E-state index >= 15 is 0 Å². The molecule has 2 amide bonds. The van der Waals surface area contributed by atoms with E-state index in [0.29, 0.717) is 47.6 Å². The van der Waals surface area contributed by atoms with E-state index in [1.807, 2.05) is 5.38 Å². The molecule has 1 aromatic carbocycles. The number of anilines is 1. The summed E-state index contributed by atoms with van der Waals surface area (Å²) < 4.78 is 5.34. The van der Waals surface area contributed by atoms with Crippen LogP contribution >= 0.6 is 11.3 Å². The molecule has 8 heteroatoms. The van der Waals surface area contributed by atoms with Gasteiger partial charge in [0.05, 0.1) is 11.6 Å². The highest BCUT2D eigenvalue weighted by Crippen LogP contribution is 2.22. The van der Waals surface area contributed by atoms with Crippen LogP contribution in [0, 0.1) is 5.92 Å². The number of piperidine rings is 1. The van der Waals surface area contributed by atoms with Gasteiger partial charge in [0.15, 0.2) is 10.6 Å². The second-order valence-electron chi connectivity index (χ2n) is 6.39. The van der Waals surface area contributed by atoms with Crippen LogP contribution in [-0.2, 0) is 4.79 Å². The summed E-state index contributed by atoms with van der Waals surface area (Å²) in [6.45, 7) is 1.01. The molecule has 0 spiro atoms. The molecule has 1 N–H and O–H groups in total. The molecular formula is C19H17N3O4S. The third kappa shape index (κ3) is 3.61. The van der Waals surface area contributed by atoms with Gasteiger partial charge in [-0.3, -0.25) is 14.4 Å². The van der Waals surface area contributed by atoms with Crippen molar-refractivity contribution in [3.63, 3.8) is 0 Å². The molecule has 0 saturated carbocycles. The molecule has 3 heterocycles. The van der Waals surface area contributed by atoms with Crippen molar-refractivity contribution in [2.24, 2.45) is 5.92 Å². The zero-order valence-corrected chi connectivity index (χ0v) is 15.2. The largest absolute Gasteiger partial charge is 0.464 e. The standard InChI is InChI=1S/C19H17N3O4S/c23-15-5-9-26-16-11-13(1-2-14(15)16)18(25)22-7-3-12(4-8-22)17(24)21-19-20-6-10-27-19/h1-2,5-6,9-12H,3-4,7-8H2,(H,20,21,24). The molecule has 0 aliphatic carbocycles. The van der Waals surface area contributed by atoms with E-state index in [1.165, 1.54) is 23.7 Å². The number of thiazole rings is 1. The van der Waals surface area contributed by atoms with Gasteiger partial charge in [-0.25, -0.2) is 4.98 Å². The van der Waals surface area contributed by atoms with Gasteiger partial charge in [-0.05, 0) is 31.0 Å². The molecule has 0 unspecified atom stereocenters. The Morgan fingerprint density at radius 3 is 2.78 bits per heavy atom. The highest BCUT2D eigenvalue weighted by molar-refractivity contribution is 7.13. The van der Waals surface area contributed by atoms with Gasteiger partial charge in [0.25, 0.3) is 5.91 Å². The van der Waals surface area contributed by atoms with Crippen molar-refractivity contribution in [1.82, 2.24) is 9.88 Å². The first-order valence-electron chi connectivity index (χ1n) is 8.63. The van der Waals surface area contributed by atoms with E-state index in [9.17, 15) is 14.4 Å². The molecule has 0 bridgehead atoms. The van der Waals surface area contributed by atoms with Crippen molar-refractivity contribution >= 4 is 39.3 Å². The summed E-state index contributed by atoms with van der Waals surface area (Å²) in [6, 6.07) is 6.21. The Hall–Kier alpha value is -3.00. The van der Waals surface area contributed by atoms with Gasteiger partial charge in [0.2, 0.25) is 5.91 Å². The van der Waals surface area contributed by atoms with Gasteiger partial charge in [-0.15, -0.1) is 11.3 Å². The quantitative estimate of drug-likeness (QED) is 0.751. The summed E-state index contributed by atoms with van der Waals surface area (Å²) in [5.41, 5.74) is 0.732. The van der Waals surface area contributed by atoms with Gasteiger partial charge < -0.3 is 14.6 Å². The van der Waals surface area contributed by atoms with Crippen molar-refractivity contribution in [2.45, 2.75) is 12.8 Å². The second kappa shape index (κ2) is 7.32. The van der Waals surface area contributed by atoms with Gasteiger partial charge in [0, 0.05) is 42.2 Å². The summed E-state index contributed by atoms with van der Waals surface area (Å²) in [5.74, 6) is -0.306. The van der Waals surface area contributed by atoms with Crippen LogP contribution in [-0.4, -0.2) is 34.8 Å². The predicted molar refractivity (Wildman–Crippen MR) is 102 cm³/mol. The van der Waals surface area contributed by atoms with E-state index in [0.717, 1.165) is 0 Å². The summed E-state index contributed by atoms with van der Waals surface area (Å²) >= 11 is 1.38. The summed E-state index contributed by atoms with van der Waals surface area (Å²) in [5, 5.41) is 5.67. The molecule has 27 heavy (non-hydrogen) atoms. The number of hydrogen-bond acceptors (Lipinski definition) is 6. The van der Waals surface area contributed by atoms with Crippen LogP contribution in [0.4, 0.5) is 5.13 Å². The first kappa shape index (κ1) is 17.4. The number of amides is 2. The number of nitrogens with one attached hydrogen (secondary N) is 1. The number of benzene rings is 1. The number of rotatable bonds is 3. The predicted octanol–water partition coefficient (Wildman–Crippen LogP) is 2.74. The Morgan fingerprint density at radius 2 is 2.04 bits per heavy atom. The maximum absolute atomic E-state index is 12.8. The van der Waals surface area contributed by atoms with E-state index in [2.05, 4.69) is 10.3 Å². The first-order valence-corrected chi connectivity index (χ1v) is 9.51. The summed E-state index contributed by atoms with van der Waals surface area (Å²) in [7, 11) is 0. The van der Waals surface area contributed by atoms with Gasteiger partial charge in [-0.1, -0.05) is 0 Å². The van der Waals surface area contributed by atoms with E-state index in [1.54, 1.807) is 29.3 Å². The lowest BCUT2D eigenvalue weighted by Crippen LogP contribution is -2.41. The highest BCUT2D eigenvalue weighted by Gasteiger charge is 2.28. The number of fused-ring (bicyclic) bond motifs is 1. The Balaban J connectivity index is 1.41. The fourth-order valence-electron chi connectivity index (χ4n) is 3.24. The van der Waals surface area contributed by atoms with Crippen molar-refractivity contribution in [2.75, 3.05) is 18.4 Å². The molecule has 0 atom stereocenters. The number of nitrogens with zero attached hydrogens (tertiary/aromatic N) is 2. The number of carbonyl (C=O) groups is 2. The van der Waals surface area contributed by atoms with Crippen LogP contribution in [0.1, 0.15) is 23.2 Å². The maximum Gasteiger partial charge on any atom is 0.253 e. The minimum Gasteiger partial charge on any atom is -0.464 e. The monoisotopic (exact) mass is 383 g/mol. The second-order valence-corrected chi connectivity index (χ2v) is 7.28.